The predicted octanol–water partition coefficient (Wildman–Crippen LogP) is 10.6. The summed E-state index contributed by atoms with van der Waals surface area (Å²) < 4.78 is 0. The number of halogens is 3. The Hall–Kier alpha value is 2.18. The summed E-state index contributed by atoms with van der Waals surface area (Å²) in [5, 5.41) is 24.2. The minimum absolute atomic E-state index is 0. The molecular formula is C31H66Cl3O3Ti2-. The van der Waals surface area contributed by atoms with Crippen LogP contribution in [0.5, 0.6) is 0 Å². The maximum atomic E-state index is 8.06. The fraction of sp³-hybridized carbons (Fsp3) is 0.935. The van der Waals surface area contributed by atoms with Gasteiger partial charge in [0, 0.05) is 40.0 Å². The molecule has 0 aliphatic heterocycles. The molecule has 0 saturated heterocycles. The topological polar surface area (TPSA) is 60.7 Å². The molecule has 39 heavy (non-hydrogen) atoms. The maximum Gasteiger partial charge on any atom is 0 e. The van der Waals surface area contributed by atoms with Gasteiger partial charge in [-0.05, 0) is 103 Å². The largest absolute Gasteiger partial charge is 0 e. The Balaban J connectivity index is -0.000000125. The molecule has 4 rings (SSSR count). The molecule has 4 aliphatic rings. The van der Waals surface area contributed by atoms with Crippen molar-refractivity contribution in [2.24, 2.45) is 35.5 Å². The Morgan fingerprint density at radius 2 is 0.641 bits per heavy atom. The standard InChI is InChI=1S/2C10H18.3C3H8O.2CH3.3ClH.2Ti/c2*1-8-6-9-4-2-3-5-10(9)7-8;3*1-3(2)4;;;;;;;/h2*8-10H,2-7H2,1H3;3*3-4H,1-2H3;2*1H3;3*1H;;/q;;;;;2*-1;;;;;+4/p-3. The molecular weight excluding hydrogens is 622 g/mol. The molecule has 4 aliphatic carbocycles. The molecule has 238 valence electrons. The molecule has 0 amide bonds. The van der Waals surface area contributed by atoms with Gasteiger partial charge < -0.3 is 30.2 Å². The second-order valence-corrected chi connectivity index (χ2v) is 20.0. The molecule has 3 N–H and O–H groups in total. The molecule has 4 fully saturated rings. The number of fused-ring (bicyclic) bond motifs is 2. The zero-order valence-electron chi connectivity index (χ0n) is 27.2. The summed E-state index contributed by atoms with van der Waals surface area (Å²) in [6, 6.07) is 0. The molecule has 0 aromatic heterocycles. The first-order valence-corrected chi connectivity index (χ1v) is 21.0. The normalized spacial score (nSPS) is 27.6. The fourth-order valence-electron chi connectivity index (χ4n) is 6.07. The minimum Gasteiger partial charge on any atom is 0 e. The van der Waals surface area contributed by atoms with Crippen molar-refractivity contribution >= 4 is 27.9 Å². The van der Waals surface area contributed by atoms with E-state index in [1.54, 1.807) is 92.9 Å². The third kappa shape index (κ3) is 36.3. The Morgan fingerprint density at radius 1 is 0.513 bits per heavy atom. The van der Waals surface area contributed by atoms with Crippen molar-refractivity contribution in [1.29, 1.82) is 0 Å². The van der Waals surface area contributed by atoms with Crippen LogP contribution < -0.4 is 0 Å². The zero-order valence-corrected chi connectivity index (χ0v) is 32.5. The van der Waals surface area contributed by atoms with Crippen molar-refractivity contribution < 1.29 is 51.7 Å². The maximum absolute atomic E-state index is 8.06. The van der Waals surface area contributed by atoms with Gasteiger partial charge in [-0.1, -0.05) is 65.2 Å². The first-order valence-electron chi connectivity index (χ1n) is 14.5. The number of hydrogen-bond donors (Lipinski definition) is 3. The van der Waals surface area contributed by atoms with E-state index in [1.165, 1.54) is 25.7 Å². The van der Waals surface area contributed by atoms with Gasteiger partial charge in [0.25, 0.3) is 0 Å². The molecule has 3 nitrogen and oxygen atoms in total. The van der Waals surface area contributed by atoms with Crippen molar-refractivity contribution in [1.82, 2.24) is 0 Å². The van der Waals surface area contributed by atoms with Crippen LogP contribution in [0.15, 0.2) is 0 Å². The van der Waals surface area contributed by atoms with Crippen molar-refractivity contribution in [3.05, 3.63) is 14.9 Å². The molecule has 0 bridgehead atoms. The third-order valence-corrected chi connectivity index (χ3v) is 6.95. The van der Waals surface area contributed by atoms with E-state index >= 15 is 0 Å². The first-order chi connectivity index (χ1) is 16.6. The molecule has 4 saturated carbocycles. The Morgan fingerprint density at radius 3 is 0.769 bits per heavy atom. The number of aliphatic hydroxyl groups excluding tert-OH is 3. The van der Waals surface area contributed by atoms with Crippen LogP contribution in [-0.4, -0.2) is 33.6 Å². The zero-order chi connectivity index (χ0) is 28.3. The summed E-state index contributed by atoms with van der Waals surface area (Å²) in [5.41, 5.74) is 0. The Labute approximate surface area is 278 Å². The van der Waals surface area contributed by atoms with Gasteiger partial charge in [-0.15, -0.1) is 0 Å². The van der Waals surface area contributed by atoms with Crippen LogP contribution in [0.1, 0.15) is 132 Å². The molecule has 0 heterocycles. The fourth-order valence-corrected chi connectivity index (χ4v) is 6.07. The van der Waals surface area contributed by atoms with Crippen LogP contribution in [0, 0.1) is 50.4 Å². The van der Waals surface area contributed by atoms with E-state index in [1.807, 2.05) is 0 Å². The van der Waals surface area contributed by atoms with E-state index in [0.29, 0.717) is 0 Å². The summed E-state index contributed by atoms with van der Waals surface area (Å²) in [7, 11) is 14.9. The average Bonchev–Trinajstić information content (AvgIpc) is 3.27. The quantitative estimate of drug-likeness (QED) is 0.175. The second kappa shape index (κ2) is 31.6. The predicted molar refractivity (Wildman–Crippen MR) is 170 cm³/mol. The summed E-state index contributed by atoms with van der Waals surface area (Å²) in [6.45, 7) is 15.2. The molecule has 0 aromatic rings. The number of rotatable bonds is 0. The van der Waals surface area contributed by atoms with Gasteiger partial charge in [0.05, 0.1) is 0 Å². The monoisotopic (exact) mass is 687 g/mol. The molecule has 0 spiro atoms. The van der Waals surface area contributed by atoms with Crippen LogP contribution in [0.4, 0.5) is 0 Å². The van der Waals surface area contributed by atoms with Crippen molar-refractivity contribution in [3.63, 3.8) is 0 Å². The van der Waals surface area contributed by atoms with Crippen LogP contribution in [-0.2, 0) is 36.4 Å². The molecule has 4 unspecified atom stereocenters. The van der Waals surface area contributed by atoms with Gasteiger partial charge in [0.1, 0.15) is 0 Å². The Bertz CT molecular complexity index is 393. The number of aliphatic hydroxyl groups is 3. The van der Waals surface area contributed by atoms with Crippen LogP contribution >= 0.6 is 27.9 Å². The molecule has 0 aromatic carbocycles. The van der Waals surface area contributed by atoms with Crippen LogP contribution in [0.25, 0.3) is 0 Å². The minimum atomic E-state index is -1.92. The van der Waals surface area contributed by atoms with E-state index in [4.69, 9.17) is 43.2 Å². The van der Waals surface area contributed by atoms with E-state index in [0.717, 1.165) is 35.5 Å². The van der Waals surface area contributed by atoms with E-state index in [-0.39, 0.29) is 54.9 Å². The summed E-state index contributed by atoms with van der Waals surface area (Å²) in [4.78, 5) is 0. The first kappa shape index (κ1) is 50.8. The van der Waals surface area contributed by atoms with Crippen LogP contribution in [0.2, 0.25) is 0 Å². The van der Waals surface area contributed by atoms with E-state index in [9.17, 15) is 0 Å². The van der Waals surface area contributed by atoms with Gasteiger partial charge >= 0.3 is 42.6 Å². The SMILES string of the molecule is CC(C)O.CC(C)O.CC(C)O.CC1CC2CCCCC2C1.CC1CC2CCCCC2C1.[CH3-].[CH3-].[Cl][Ti+]([Cl])[Cl].[Ti]. The summed E-state index contributed by atoms with van der Waals surface area (Å²) in [5.74, 6) is 6.67. The second-order valence-electron chi connectivity index (χ2n) is 12.3. The van der Waals surface area contributed by atoms with Gasteiger partial charge in [0.2, 0.25) is 0 Å². The third-order valence-electron chi connectivity index (χ3n) is 6.95. The Kier molecular flexibility index (Phi) is 41.1. The van der Waals surface area contributed by atoms with Gasteiger partial charge in [0.15, 0.2) is 0 Å². The van der Waals surface area contributed by atoms with Gasteiger partial charge in [-0.3, -0.25) is 0 Å². The van der Waals surface area contributed by atoms with E-state index in [2.05, 4.69) is 13.8 Å². The van der Waals surface area contributed by atoms with Crippen molar-refractivity contribution in [3.8, 4) is 0 Å². The molecule has 4 atom stereocenters. The van der Waals surface area contributed by atoms with Crippen molar-refractivity contribution in [2.45, 2.75) is 151 Å². The smallest absolute Gasteiger partial charge is 0 e. The van der Waals surface area contributed by atoms with Crippen molar-refractivity contribution in [2.75, 3.05) is 0 Å². The van der Waals surface area contributed by atoms with E-state index < -0.39 is 14.7 Å². The summed E-state index contributed by atoms with van der Waals surface area (Å²) >= 11 is -1.92. The molecule has 0 radical (unpaired) electrons. The average molecular weight is 689 g/mol. The number of hydrogen-bond acceptors (Lipinski definition) is 3. The molecule has 8 heteroatoms. The summed E-state index contributed by atoms with van der Waals surface area (Å²) in [6.07, 6.45) is 18.0. The van der Waals surface area contributed by atoms with Crippen LogP contribution in [0.3, 0.4) is 0 Å². The van der Waals surface area contributed by atoms with Gasteiger partial charge in [-0.25, -0.2) is 0 Å². The van der Waals surface area contributed by atoms with Gasteiger partial charge in [-0.2, -0.15) is 0 Å².